The van der Waals surface area contributed by atoms with Gasteiger partial charge in [0.15, 0.2) is 11.5 Å². The van der Waals surface area contributed by atoms with Gasteiger partial charge in [-0.05, 0) is 33.2 Å². The highest BCUT2D eigenvalue weighted by Crippen LogP contribution is 2.35. The lowest BCUT2D eigenvalue weighted by atomic mass is 10.2. The van der Waals surface area contributed by atoms with Crippen molar-refractivity contribution in [2.75, 3.05) is 6.61 Å². The highest BCUT2D eigenvalue weighted by atomic mass is 79.9. The van der Waals surface area contributed by atoms with Gasteiger partial charge in [0.25, 0.3) is 5.89 Å². The van der Waals surface area contributed by atoms with Crippen molar-refractivity contribution in [3.8, 4) is 11.5 Å². The molecule has 0 radical (unpaired) electrons. The summed E-state index contributed by atoms with van der Waals surface area (Å²) in [5, 5.41) is 3.64. The van der Waals surface area contributed by atoms with Gasteiger partial charge >= 0.3 is 0 Å². The van der Waals surface area contributed by atoms with Crippen LogP contribution in [0, 0.1) is 0 Å². The summed E-state index contributed by atoms with van der Waals surface area (Å²) in [6.45, 7) is 0.367. The largest absolute Gasteiger partial charge is 0.485 e. The molecule has 3 rings (SSSR count). The van der Waals surface area contributed by atoms with Crippen molar-refractivity contribution in [1.82, 2.24) is 10.1 Å². The number of hydrogen-bond acceptors (Lipinski definition) is 5. The number of ether oxygens (including phenoxy) is 2. The van der Waals surface area contributed by atoms with E-state index in [-0.39, 0.29) is 6.10 Å². The zero-order valence-corrected chi connectivity index (χ0v) is 9.68. The summed E-state index contributed by atoms with van der Waals surface area (Å²) in [4.78, 5) is 4.04. The van der Waals surface area contributed by atoms with Gasteiger partial charge in [-0.15, -0.1) is 0 Å². The van der Waals surface area contributed by atoms with E-state index in [0.29, 0.717) is 23.0 Å². The van der Waals surface area contributed by atoms with Crippen LogP contribution in [-0.2, 0) is 0 Å². The molecule has 1 aromatic heterocycles. The monoisotopic (exact) mass is 282 g/mol. The first-order valence-corrected chi connectivity index (χ1v) is 5.50. The molecule has 0 bridgehead atoms. The van der Waals surface area contributed by atoms with Crippen LogP contribution in [0.4, 0.5) is 0 Å². The van der Waals surface area contributed by atoms with Crippen molar-refractivity contribution >= 4 is 15.9 Å². The quantitative estimate of drug-likeness (QED) is 0.804. The van der Waals surface area contributed by atoms with Crippen molar-refractivity contribution in [2.45, 2.75) is 6.10 Å². The van der Waals surface area contributed by atoms with Gasteiger partial charge in [0.05, 0.1) is 0 Å². The van der Waals surface area contributed by atoms with Gasteiger partial charge in [0.1, 0.15) is 6.61 Å². The zero-order chi connectivity index (χ0) is 11.0. The molecule has 1 aromatic carbocycles. The Morgan fingerprint density at radius 3 is 2.81 bits per heavy atom. The number of hydrogen-bond donors (Lipinski definition) is 0. The predicted octanol–water partition coefficient (Wildman–Crippen LogP) is 2.34. The molecule has 0 saturated heterocycles. The molecule has 2 aromatic rings. The van der Waals surface area contributed by atoms with Crippen LogP contribution in [0.5, 0.6) is 11.5 Å². The van der Waals surface area contributed by atoms with E-state index in [1.165, 1.54) is 0 Å². The smallest absolute Gasteiger partial charge is 0.272 e. The molecule has 6 heteroatoms. The minimum atomic E-state index is -0.353. The summed E-state index contributed by atoms with van der Waals surface area (Å²) in [5.41, 5.74) is 0. The van der Waals surface area contributed by atoms with E-state index in [2.05, 4.69) is 26.1 Å². The SMILES string of the molecule is Brc1noc(C2COc3ccccc3O2)n1. The topological polar surface area (TPSA) is 57.4 Å². The molecule has 1 aliphatic rings. The van der Waals surface area contributed by atoms with Crippen LogP contribution in [0.3, 0.4) is 0 Å². The Bertz CT molecular complexity index is 514. The Hall–Kier alpha value is -1.56. The maximum atomic E-state index is 5.69. The Morgan fingerprint density at radius 1 is 1.25 bits per heavy atom. The molecule has 1 atom stereocenters. The van der Waals surface area contributed by atoms with E-state index in [0.717, 1.165) is 5.75 Å². The van der Waals surface area contributed by atoms with Gasteiger partial charge in [-0.25, -0.2) is 0 Å². The third kappa shape index (κ3) is 1.65. The average molecular weight is 283 g/mol. The van der Waals surface area contributed by atoms with Crippen LogP contribution >= 0.6 is 15.9 Å². The second kappa shape index (κ2) is 3.79. The van der Waals surface area contributed by atoms with Crippen LogP contribution in [0.2, 0.25) is 0 Å². The van der Waals surface area contributed by atoms with E-state index >= 15 is 0 Å². The van der Waals surface area contributed by atoms with E-state index < -0.39 is 0 Å². The maximum absolute atomic E-state index is 5.69. The van der Waals surface area contributed by atoms with Crippen molar-refractivity contribution in [3.05, 3.63) is 34.9 Å². The van der Waals surface area contributed by atoms with Crippen LogP contribution in [0.1, 0.15) is 12.0 Å². The first-order valence-electron chi connectivity index (χ1n) is 4.70. The second-order valence-corrected chi connectivity index (χ2v) is 3.98. The van der Waals surface area contributed by atoms with E-state index in [9.17, 15) is 0 Å². The van der Waals surface area contributed by atoms with Crippen molar-refractivity contribution in [2.24, 2.45) is 0 Å². The van der Waals surface area contributed by atoms with E-state index in [1.807, 2.05) is 24.3 Å². The molecular formula is C10H7BrN2O3. The molecule has 0 fully saturated rings. The summed E-state index contributed by atoms with van der Waals surface area (Å²) < 4.78 is 16.6. The van der Waals surface area contributed by atoms with Crippen molar-refractivity contribution < 1.29 is 14.0 Å². The summed E-state index contributed by atoms with van der Waals surface area (Å²) >= 11 is 3.12. The van der Waals surface area contributed by atoms with Crippen LogP contribution in [0.15, 0.2) is 33.5 Å². The summed E-state index contributed by atoms with van der Waals surface area (Å²) in [7, 11) is 0. The Balaban J connectivity index is 1.88. The summed E-state index contributed by atoms with van der Waals surface area (Å²) in [6.07, 6.45) is -0.353. The fourth-order valence-electron chi connectivity index (χ4n) is 1.49. The van der Waals surface area contributed by atoms with Crippen molar-refractivity contribution in [1.29, 1.82) is 0 Å². The first-order chi connectivity index (χ1) is 7.83. The molecular weight excluding hydrogens is 276 g/mol. The van der Waals surface area contributed by atoms with Crippen LogP contribution < -0.4 is 9.47 Å². The molecule has 5 nitrogen and oxygen atoms in total. The molecule has 0 saturated carbocycles. The van der Waals surface area contributed by atoms with E-state index in [4.69, 9.17) is 14.0 Å². The van der Waals surface area contributed by atoms with Gasteiger partial charge in [0, 0.05) is 0 Å². The van der Waals surface area contributed by atoms with Gasteiger partial charge in [-0.1, -0.05) is 12.1 Å². The lowest BCUT2D eigenvalue weighted by Gasteiger charge is -2.23. The molecule has 0 spiro atoms. The summed E-state index contributed by atoms with van der Waals surface area (Å²) in [5.74, 6) is 1.83. The third-order valence-electron chi connectivity index (χ3n) is 2.20. The zero-order valence-electron chi connectivity index (χ0n) is 8.09. The first kappa shape index (κ1) is 9.65. The Kier molecular flexibility index (Phi) is 2.28. The minimum Gasteiger partial charge on any atom is -0.485 e. The average Bonchev–Trinajstić information content (AvgIpc) is 2.75. The number of benzene rings is 1. The molecule has 2 heterocycles. The number of fused-ring (bicyclic) bond motifs is 1. The van der Waals surface area contributed by atoms with Crippen molar-refractivity contribution in [3.63, 3.8) is 0 Å². The van der Waals surface area contributed by atoms with Crippen LogP contribution in [0.25, 0.3) is 0 Å². The standard InChI is InChI=1S/C10H7BrN2O3/c11-10-12-9(16-13-10)8-5-14-6-3-1-2-4-7(6)15-8/h1-4,8H,5H2. The van der Waals surface area contributed by atoms with E-state index in [1.54, 1.807) is 0 Å². The fraction of sp³-hybridized carbons (Fsp3) is 0.200. The second-order valence-electron chi connectivity index (χ2n) is 3.27. The molecule has 0 aliphatic carbocycles. The molecule has 82 valence electrons. The summed E-state index contributed by atoms with van der Waals surface area (Å²) in [6, 6.07) is 7.47. The highest BCUT2D eigenvalue weighted by Gasteiger charge is 2.26. The highest BCUT2D eigenvalue weighted by molar-refractivity contribution is 9.10. The predicted molar refractivity (Wildman–Crippen MR) is 57.3 cm³/mol. The normalized spacial score (nSPS) is 18.4. The maximum Gasteiger partial charge on any atom is 0.272 e. The third-order valence-corrected chi connectivity index (χ3v) is 2.52. The number of halogens is 1. The molecule has 1 unspecified atom stereocenters. The fourth-order valence-corrected chi connectivity index (χ4v) is 1.74. The molecule has 16 heavy (non-hydrogen) atoms. The molecule has 0 amide bonds. The number of rotatable bonds is 1. The lowest BCUT2D eigenvalue weighted by Crippen LogP contribution is -2.21. The molecule has 0 N–H and O–H groups in total. The lowest BCUT2D eigenvalue weighted by molar-refractivity contribution is 0.0665. The van der Waals surface area contributed by atoms with Gasteiger partial charge < -0.3 is 14.0 Å². The Morgan fingerprint density at radius 2 is 2.06 bits per heavy atom. The van der Waals surface area contributed by atoms with Gasteiger partial charge in [0.2, 0.25) is 10.8 Å². The number of para-hydroxylation sites is 2. The number of nitrogens with zero attached hydrogens (tertiary/aromatic N) is 2. The number of aromatic nitrogens is 2. The molecule has 1 aliphatic heterocycles. The van der Waals surface area contributed by atoms with Gasteiger partial charge in [-0.3, -0.25) is 0 Å². The Labute approximate surface area is 99.5 Å². The van der Waals surface area contributed by atoms with Crippen LogP contribution in [-0.4, -0.2) is 16.7 Å². The van der Waals surface area contributed by atoms with Gasteiger partial charge in [-0.2, -0.15) is 4.98 Å². The minimum absolute atomic E-state index is 0.353.